The molecule has 2 N–H and O–H groups in total. The van der Waals surface area contributed by atoms with E-state index in [1.54, 1.807) is 23.1 Å². The number of hydrogen-bond acceptors (Lipinski definition) is 7. The van der Waals surface area contributed by atoms with Gasteiger partial charge in [-0.1, -0.05) is 57.7 Å². The van der Waals surface area contributed by atoms with Crippen molar-refractivity contribution in [3.8, 4) is 5.75 Å². The van der Waals surface area contributed by atoms with Crippen LogP contribution in [0.4, 0.5) is 5.69 Å². The van der Waals surface area contributed by atoms with Crippen LogP contribution < -0.4 is 10.1 Å². The monoisotopic (exact) mass is 592 g/mol. The predicted molar refractivity (Wildman–Crippen MR) is 167 cm³/mol. The summed E-state index contributed by atoms with van der Waals surface area (Å²) in [4.78, 5) is 12.6. The van der Waals surface area contributed by atoms with E-state index in [1.165, 1.54) is 31.2 Å². The zero-order chi connectivity index (χ0) is 29.0. The first kappa shape index (κ1) is 30.7. The van der Waals surface area contributed by atoms with E-state index in [2.05, 4.69) is 62.0 Å². The number of unbranched alkanes of at least 4 members (excludes halogenated alkanes) is 4. The number of nitrogens with one attached hydrogen (secondary N) is 1. The Morgan fingerprint density at radius 2 is 1.88 bits per heavy atom. The minimum Gasteiger partial charge on any atom is -0.493 e. The van der Waals surface area contributed by atoms with E-state index < -0.39 is 11.9 Å². The first-order chi connectivity index (χ1) is 20.0. The second-order valence-corrected chi connectivity index (χ2v) is 12.0. The van der Waals surface area contributed by atoms with Crippen LogP contribution in [-0.4, -0.2) is 32.4 Å². The summed E-state index contributed by atoms with van der Waals surface area (Å²) in [7, 11) is 2.01. The summed E-state index contributed by atoms with van der Waals surface area (Å²) in [6.45, 7) is 5.40. The average Bonchev–Trinajstić information content (AvgIpc) is 3.61. The predicted octanol–water partition coefficient (Wildman–Crippen LogP) is 8.16. The summed E-state index contributed by atoms with van der Waals surface area (Å²) < 4.78 is 8.38. The Kier molecular flexibility index (Phi) is 11.7. The highest BCUT2D eigenvalue weighted by atomic mass is 32.2. The van der Waals surface area contributed by atoms with Crippen molar-refractivity contribution in [3.05, 3.63) is 81.8 Å². The molecule has 1 unspecified atom stereocenters. The Bertz CT molecular complexity index is 1370. The molecule has 0 radical (unpaired) electrons. The molecule has 0 amide bonds. The van der Waals surface area contributed by atoms with Crippen LogP contribution in [0.15, 0.2) is 69.3 Å². The molecule has 0 aliphatic heterocycles. The van der Waals surface area contributed by atoms with Crippen molar-refractivity contribution in [2.24, 2.45) is 7.05 Å². The van der Waals surface area contributed by atoms with E-state index >= 15 is 0 Å². The molecule has 0 saturated carbocycles. The molecule has 0 saturated heterocycles. The van der Waals surface area contributed by atoms with Crippen molar-refractivity contribution in [2.45, 2.75) is 81.3 Å². The fourth-order valence-electron chi connectivity index (χ4n) is 4.62. The molecular weight excluding hydrogens is 553 g/mol. The minimum atomic E-state index is -0.789. The fraction of sp³-hybridized carbons (Fsp3) is 0.406. The summed E-state index contributed by atoms with van der Waals surface area (Å²) in [5.74, 6) is 0.539. The lowest BCUT2D eigenvalue weighted by Gasteiger charge is -2.15. The van der Waals surface area contributed by atoms with Crippen molar-refractivity contribution < 1.29 is 14.6 Å². The topological polar surface area (TPSA) is 89.3 Å². The van der Waals surface area contributed by atoms with E-state index in [1.807, 2.05) is 38.2 Å². The van der Waals surface area contributed by atoms with E-state index in [4.69, 9.17) is 4.74 Å². The normalized spacial score (nSPS) is 11.9. The van der Waals surface area contributed by atoms with Crippen molar-refractivity contribution in [3.63, 3.8) is 0 Å². The second-order valence-electron chi connectivity index (χ2n) is 10.2. The molecule has 41 heavy (non-hydrogen) atoms. The summed E-state index contributed by atoms with van der Waals surface area (Å²) in [5, 5.41) is 26.9. The number of anilines is 1. The summed E-state index contributed by atoms with van der Waals surface area (Å²) in [6, 6.07) is 16.1. The van der Waals surface area contributed by atoms with Crippen molar-refractivity contribution in [2.75, 3.05) is 11.9 Å². The maximum absolute atomic E-state index is 11.5. The molecule has 218 valence electrons. The van der Waals surface area contributed by atoms with Crippen LogP contribution in [0, 0.1) is 0 Å². The van der Waals surface area contributed by atoms with Gasteiger partial charge >= 0.3 is 5.97 Å². The lowest BCUT2D eigenvalue weighted by molar-refractivity contribution is -0.138. The second kappa shape index (κ2) is 15.6. The molecule has 2 aromatic carbocycles. The maximum atomic E-state index is 11.5. The van der Waals surface area contributed by atoms with Crippen LogP contribution in [0.25, 0.3) is 0 Å². The van der Waals surface area contributed by atoms with Gasteiger partial charge in [0.05, 0.1) is 12.5 Å². The van der Waals surface area contributed by atoms with Gasteiger partial charge in [-0.2, -0.15) is 11.3 Å². The average molecular weight is 593 g/mol. The van der Waals surface area contributed by atoms with Gasteiger partial charge in [0.2, 0.25) is 0 Å². The number of rotatable bonds is 17. The molecule has 2 heterocycles. The minimum absolute atomic E-state index is 0.480. The van der Waals surface area contributed by atoms with E-state index in [9.17, 15) is 9.90 Å². The van der Waals surface area contributed by atoms with Crippen LogP contribution in [0.3, 0.4) is 0 Å². The van der Waals surface area contributed by atoms with Gasteiger partial charge in [-0.15, -0.1) is 10.2 Å². The molecule has 7 nitrogen and oxygen atoms in total. The van der Waals surface area contributed by atoms with Gasteiger partial charge in [-0.3, -0.25) is 4.79 Å². The largest absolute Gasteiger partial charge is 0.493 e. The Morgan fingerprint density at radius 1 is 1.07 bits per heavy atom. The highest BCUT2D eigenvalue weighted by Gasteiger charge is 2.17. The van der Waals surface area contributed by atoms with Gasteiger partial charge in [-0.25, -0.2) is 0 Å². The summed E-state index contributed by atoms with van der Waals surface area (Å²) in [6.07, 6.45) is 7.25. The van der Waals surface area contributed by atoms with Crippen molar-refractivity contribution in [1.82, 2.24) is 14.8 Å². The Hall–Kier alpha value is -3.30. The molecule has 1 atom stereocenters. The molecule has 4 rings (SSSR count). The number of aromatic nitrogens is 3. The number of aliphatic carboxylic acids is 1. The standard InChI is InChI=1S/C32H40N4O3S2/c1-4-6-7-8-9-17-39-29-20-27(41-32-35-34-30(36(32)3)19-23-16-18-40-22-23)15-12-25(29)21-33-26-13-10-24(11-14-26)28(5-2)31(37)38/h10-16,18,20,22,28,33H,4-9,17,19,21H2,1-3H3,(H,37,38). The number of benzene rings is 2. The van der Waals surface area contributed by atoms with Gasteiger partial charge in [0.25, 0.3) is 0 Å². The molecule has 2 aromatic heterocycles. The van der Waals surface area contributed by atoms with E-state index in [-0.39, 0.29) is 0 Å². The number of carbonyl (C=O) groups is 1. The van der Waals surface area contributed by atoms with E-state index in [0.29, 0.717) is 19.6 Å². The first-order valence-electron chi connectivity index (χ1n) is 14.4. The molecule has 0 bridgehead atoms. The molecule has 0 aliphatic rings. The zero-order valence-electron chi connectivity index (χ0n) is 24.1. The molecular formula is C32H40N4O3S2. The summed E-state index contributed by atoms with van der Waals surface area (Å²) in [5.41, 5.74) is 4.08. The fourth-order valence-corrected chi connectivity index (χ4v) is 6.12. The number of thiophene rings is 1. The van der Waals surface area contributed by atoms with Gasteiger partial charge in [0.15, 0.2) is 5.16 Å². The Morgan fingerprint density at radius 3 is 2.59 bits per heavy atom. The number of hydrogen-bond donors (Lipinski definition) is 2. The highest BCUT2D eigenvalue weighted by Crippen LogP contribution is 2.32. The summed E-state index contributed by atoms with van der Waals surface area (Å²) >= 11 is 3.28. The van der Waals surface area contributed by atoms with Crippen LogP contribution in [0.5, 0.6) is 5.75 Å². The van der Waals surface area contributed by atoms with Gasteiger partial charge < -0.3 is 19.7 Å². The van der Waals surface area contributed by atoms with Crippen LogP contribution in [0.1, 0.15) is 80.8 Å². The zero-order valence-corrected chi connectivity index (χ0v) is 25.8. The van der Waals surface area contributed by atoms with Gasteiger partial charge in [0, 0.05) is 36.2 Å². The van der Waals surface area contributed by atoms with Crippen LogP contribution in [0.2, 0.25) is 0 Å². The third-order valence-corrected chi connectivity index (χ3v) is 8.88. The number of carboxylic acids is 1. The third-order valence-electron chi connectivity index (χ3n) is 7.12. The number of ether oxygens (including phenoxy) is 1. The first-order valence-corrected chi connectivity index (χ1v) is 16.1. The van der Waals surface area contributed by atoms with Gasteiger partial charge in [0.1, 0.15) is 11.6 Å². The van der Waals surface area contributed by atoms with Crippen molar-refractivity contribution >= 4 is 34.8 Å². The number of carboxylic acid groups (broad SMARTS) is 1. The van der Waals surface area contributed by atoms with Crippen LogP contribution >= 0.6 is 23.1 Å². The maximum Gasteiger partial charge on any atom is 0.310 e. The quantitative estimate of drug-likeness (QED) is 0.120. The van der Waals surface area contributed by atoms with Crippen molar-refractivity contribution in [1.29, 1.82) is 0 Å². The smallest absolute Gasteiger partial charge is 0.310 e. The molecule has 0 aliphatic carbocycles. The lowest BCUT2D eigenvalue weighted by atomic mass is 9.96. The Balaban J connectivity index is 1.44. The highest BCUT2D eigenvalue weighted by molar-refractivity contribution is 7.99. The SMILES string of the molecule is CCCCCCCOc1cc(Sc2nnc(Cc3ccsc3)n2C)ccc1CNc1ccc(C(CC)C(=O)O)cc1. The molecule has 0 fully saturated rings. The number of nitrogens with zero attached hydrogens (tertiary/aromatic N) is 3. The third kappa shape index (κ3) is 8.84. The Labute approximate surface area is 251 Å². The van der Waals surface area contributed by atoms with E-state index in [0.717, 1.165) is 51.3 Å². The molecule has 4 aromatic rings. The molecule has 9 heteroatoms. The van der Waals surface area contributed by atoms with Gasteiger partial charge in [-0.05, 0) is 76.8 Å². The molecule has 0 spiro atoms. The van der Waals surface area contributed by atoms with Crippen LogP contribution in [-0.2, 0) is 24.8 Å². The lowest BCUT2D eigenvalue weighted by Crippen LogP contribution is -2.10.